The van der Waals surface area contributed by atoms with Crippen LogP contribution in [0.15, 0.2) is 48.5 Å². The number of amides is 1. The summed E-state index contributed by atoms with van der Waals surface area (Å²) in [5.41, 5.74) is 2.36. The Balaban J connectivity index is 1.97. The lowest BCUT2D eigenvalue weighted by molar-refractivity contribution is -0.121. The Morgan fingerprint density at radius 3 is 2.44 bits per heavy atom. The molecule has 0 heterocycles. The monoisotopic (exact) mass is 392 g/mol. The van der Waals surface area contributed by atoms with Gasteiger partial charge < -0.3 is 5.32 Å². The molecule has 0 fully saturated rings. The van der Waals surface area contributed by atoms with E-state index in [-0.39, 0.29) is 11.7 Å². The van der Waals surface area contributed by atoms with E-state index in [1.165, 1.54) is 12.1 Å². The molecule has 0 spiro atoms. The van der Waals surface area contributed by atoms with E-state index in [1.807, 2.05) is 13.0 Å². The van der Waals surface area contributed by atoms with Gasteiger partial charge in [-0.1, -0.05) is 24.3 Å². The van der Waals surface area contributed by atoms with Crippen LogP contribution in [0.4, 0.5) is 10.1 Å². The fourth-order valence-electron chi connectivity index (χ4n) is 2.88. The summed E-state index contributed by atoms with van der Waals surface area (Å²) in [7, 11) is -3.62. The third kappa shape index (κ3) is 6.06. The number of benzene rings is 2. The standard InChI is InChI=1S/C20H25FN2O3S/c1-15-6-4-8-19(14-15)23(27(3,25)26)16(2)20(24)22-13-5-7-17-9-11-18(21)12-10-17/h4,6,8-12,14,16H,5,7,13H2,1-3H3,(H,22,24)/t16-/m1/s1. The number of carbonyl (C=O) groups excluding carboxylic acids is 1. The van der Waals surface area contributed by atoms with Gasteiger partial charge in [0.1, 0.15) is 11.9 Å². The molecular weight excluding hydrogens is 367 g/mol. The normalized spacial score (nSPS) is 12.4. The molecule has 0 aliphatic rings. The second kappa shape index (κ2) is 8.99. The SMILES string of the molecule is Cc1cccc(N([C@H](C)C(=O)NCCCc2ccc(F)cc2)S(C)(=O)=O)c1. The average molecular weight is 392 g/mol. The average Bonchev–Trinajstić information content (AvgIpc) is 2.59. The Bertz CT molecular complexity index is 882. The molecule has 146 valence electrons. The number of rotatable bonds is 8. The van der Waals surface area contributed by atoms with Crippen molar-refractivity contribution < 1.29 is 17.6 Å². The summed E-state index contributed by atoms with van der Waals surface area (Å²) in [5.74, 6) is -0.640. The maximum absolute atomic E-state index is 12.9. The number of nitrogens with one attached hydrogen (secondary N) is 1. The van der Waals surface area contributed by atoms with Gasteiger partial charge in [-0.05, 0) is 62.1 Å². The summed E-state index contributed by atoms with van der Waals surface area (Å²) in [4.78, 5) is 12.5. The molecule has 1 amide bonds. The highest BCUT2D eigenvalue weighted by atomic mass is 32.2. The van der Waals surface area contributed by atoms with Crippen molar-refractivity contribution in [2.45, 2.75) is 32.7 Å². The lowest BCUT2D eigenvalue weighted by atomic mass is 10.1. The summed E-state index contributed by atoms with van der Waals surface area (Å²) in [6.45, 7) is 3.84. The first-order valence-electron chi connectivity index (χ1n) is 8.76. The van der Waals surface area contributed by atoms with Gasteiger partial charge in [0, 0.05) is 6.54 Å². The molecular formula is C20H25FN2O3S. The maximum atomic E-state index is 12.9. The molecule has 2 aromatic carbocycles. The molecule has 7 heteroatoms. The molecule has 0 bridgehead atoms. The Morgan fingerprint density at radius 1 is 1.19 bits per heavy atom. The minimum atomic E-state index is -3.62. The van der Waals surface area contributed by atoms with Crippen molar-refractivity contribution >= 4 is 21.6 Å². The van der Waals surface area contributed by atoms with Crippen LogP contribution in [0.5, 0.6) is 0 Å². The highest BCUT2D eigenvalue weighted by Crippen LogP contribution is 2.21. The van der Waals surface area contributed by atoms with Crippen LogP contribution >= 0.6 is 0 Å². The molecule has 27 heavy (non-hydrogen) atoms. The van der Waals surface area contributed by atoms with Crippen molar-refractivity contribution in [1.29, 1.82) is 0 Å². The van der Waals surface area contributed by atoms with Gasteiger partial charge in [-0.2, -0.15) is 0 Å². The Labute approximate surface area is 160 Å². The summed E-state index contributed by atoms with van der Waals surface area (Å²) in [6, 6.07) is 12.4. The summed E-state index contributed by atoms with van der Waals surface area (Å²) >= 11 is 0. The predicted molar refractivity (Wildman–Crippen MR) is 106 cm³/mol. The first-order valence-corrected chi connectivity index (χ1v) is 10.6. The number of nitrogens with zero attached hydrogens (tertiary/aromatic N) is 1. The molecule has 0 aliphatic heterocycles. The van der Waals surface area contributed by atoms with Crippen LogP contribution < -0.4 is 9.62 Å². The zero-order chi connectivity index (χ0) is 20.0. The van der Waals surface area contributed by atoms with Gasteiger partial charge in [0.15, 0.2) is 0 Å². The number of carbonyl (C=O) groups is 1. The van der Waals surface area contributed by atoms with Crippen LogP contribution in [0, 0.1) is 12.7 Å². The fourth-order valence-corrected chi connectivity index (χ4v) is 4.04. The highest BCUT2D eigenvalue weighted by molar-refractivity contribution is 7.92. The second-order valence-electron chi connectivity index (χ2n) is 6.59. The van der Waals surface area contributed by atoms with E-state index in [4.69, 9.17) is 0 Å². The number of sulfonamides is 1. The molecule has 0 unspecified atom stereocenters. The van der Waals surface area contributed by atoms with Crippen LogP contribution in [-0.4, -0.2) is 33.2 Å². The van der Waals surface area contributed by atoms with Crippen molar-refractivity contribution in [2.24, 2.45) is 0 Å². The predicted octanol–water partition coefficient (Wildman–Crippen LogP) is 3.04. The number of hydrogen-bond donors (Lipinski definition) is 1. The second-order valence-corrected chi connectivity index (χ2v) is 8.45. The quantitative estimate of drug-likeness (QED) is 0.702. The van der Waals surface area contributed by atoms with Gasteiger partial charge >= 0.3 is 0 Å². The number of halogens is 1. The largest absolute Gasteiger partial charge is 0.354 e. The van der Waals surface area contributed by atoms with Crippen LogP contribution in [-0.2, 0) is 21.2 Å². The van der Waals surface area contributed by atoms with E-state index >= 15 is 0 Å². The van der Waals surface area contributed by atoms with Gasteiger partial charge in [0.25, 0.3) is 0 Å². The Hall–Kier alpha value is -2.41. The van der Waals surface area contributed by atoms with Crippen LogP contribution in [0.1, 0.15) is 24.5 Å². The van der Waals surface area contributed by atoms with Crippen molar-refractivity contribution in [3.8, 4) is 0 Å². The zero-order valence-electron chi connectivity index (χ0n) is 15.8. The van der Waals surface area contributed by atoms with Crippen molar-refractivity contribution in [2.75, 3.05) is 17.1 Å². The topological polar surface area (TPSA) is 66.5 Å². The minimum absolute atomic E-state index is 0.280. The van der Waals surface area contributed by atoms with Crippen molar-refractivity contribution in [1.82, 2.24) is 5.32 Å². The Morgan fingerprint density at radius 2 is 1.85 bits per heavy atom. The molecule has 0 aromatic heterocycles. The van der Waals surface area contributed by atoms with E-state index in [0.29, 0.717) is 25.1 Å². The first-order chi connectivity index (χ1) is 12.7. The lowest BCUT2D eigenvalue weighted by Gasteiger charge is -2.28. The molecule has 0 radical (unpaired) electrons. The molecule has 1 N–H and O–H groups in total. The van der Waals surface area contributed by atoms with E-state index in [9.17, 15) is 17.6 Å². The molecule has 0 aliphatic carbocycles. The molecule has 0 saturated heterocycles. The number of hydrogen-bond acceptors (Lipinski definition) is 3. The van der Waals surface area contributed by atoms with Gasteiger partial charge in [-0.3, -0.25) is 9.10 Å². The molecule has 1 atom stereocenters. The molecule has 0 saturated carbocycles. The van der Waals surface area contributed by atoms with Gasteiger partial charge in [0.2, 0.25) is 15.9 Å². The van der Waals surface area contributed by atoms with Crippen LogP contribution in [0.25, 0.3) is 0 Å². The van der Waals surface area contributed by atoms with Crippen LogP contribution in [0.3, 0.4) is 0 Å². The van der Waals surface area contributed by atoms with E-state index in [0.717, 1.165) is 21.7 Å². The fraction of sp³-hybridized carbons (Fsp3) is 0.350. The van der Waals surface area contributed by atoms with E-state index in [2.05, 4.69) is 5.32 Å². The highest BCUT2D eigenvalue weighted by Gasteiger charge is 2.28. The van der Waals surface area contributed by atoms with Gasteiger partial charge in [0.05, 0.1) is 11.9 Å². The van der Waals surface area contributed by atoms with Crippen molar-refractivity contribution in [3.63, 3.8) is 0 Å². The molecule has 2 aromatic rings. The Kier molecular flexibility index (Phi) is 6.96. The van der Waals surface area contributed by atoms with Crippen molar-refractivity contribution in [3.05, 3.63) is 65.5 Å². The zero-order valence-corrected chi connectivity index (χ0v) is 16.6. The summed E-state index contributed by atoms with van der Waals surface area (Å²) in [6.07, 6.45) is 2.46. The lowest BCUT2D eigenvalue weighted by Crippen LogP contribution is -2.48. The molecule has 5 nitrogen and oxygen atoms in total. The first kappa shape index (κ1) is 20.9. The minimum Gasteiger partial charge on any atom is -0.354 e. The van der Waals surface area contributed by atoms with Gasteiger partial charge in [-0.25, -0.2) is 12.8 Å². The summed E-state index contributed by atoms with van der Waals surface area (Å²) in [5, 5.41) is 2.78. The van der Waals surface area contributed by atoms with Gasteiger partial charge in [-0.15, -0.1) is 0 Å². The maximum Gasteiger partial charge on any atom is 0.243 e. The smallest absolute Gasteiger partial charge is 0.243 e. The third-order valence-electron chi connectivity index (χ3n) is 4.20. The molecule has 2 rings (SSSR count). The third-order valence-corrected chi connectivity index (χ3v) is 5.44. The van der Waals surface area contributed by atoms with E-state index < -0.39 is 16.1 Å². The van der Waals surface area contributed by atoms with E-state index in [1.54, 1.807) is 37.3 Å². The number of aryl methyl sites for hydroxylation is 2. The summed E-state index contributed by atoms with van der Waals surface area (Å²) < 4.78 is 38.5. The van der Waals surface area contributed by atoms with Crippen LogP contribution in [0.2, 0.25) is 0 Å². The number of anilines is 1.